The molecular weight excluding hydrogens is 288 g/mol. The zero-order chi connectivity index (χ0) is 15.6. The Kier molecular flexibility index (Phi) is 4.38. The van der Waals surface area contributed by atoms with E-state index in [0.717, 1.165) is 16.7 Å². The number of nitro groups is 1. The van der Waals surface area contributed by atoms with Gasteiger partial charge in [-0.15, -0.1) is 0 Å². The van der Waals surface area contributed by atoms with Crippen LogP contribution in [0.1, 0.15) is 22.3 Å². The molecule has 2 rings (SSSR count). The molecule has 5 heteroatoms. The van der Waals surface area contributed by atoms with Crippen molar-refractivity contribution in [2.45, 2.75) is 20.8 Å². The molecule has 0 aliphatic carbocycles. The number of hydrogen-bond acceptors (Lipinski definition) is 3. The van der Waals surface area contributed by atoms with Crippen LogP contribution in [0.25, 0.3) is 0 Å². The van der Waals surface area contributed by atoms with Gasteiger partial charge in [0.15, 0.2) is 0 Å². The Morgan fingerprint density at radius 1 is 1.14 bits per heavy atom. The summed E-state index contributed by atoms with van der Waals surface area (Å²) in [5.41, 5.74) is 4.84. The number of hydrogen-bond donors (Lipinski definition) is 0. The second kappa shape index (κ2) is 6.06. The number of halogens is 1. The molecule has 21 heavy (non-hydrogen) atoms. The van der Waals surface area contributed by atoms with Gasteiger partial charge in [-0.05, 0) is 49.6 Å². The molecule has 0 N–H and O–H groups in total. The molecule has 0 aliphatic rings. The zero-order valence-electron chi connectivity index (χ0n) is 12.1. The van der Waals surface area contributed by atoms with Crippen LogP contribution in [0.2, 0.25) is 5.02 Å². The Balaban J connectivity index is 2.39. The van der Waals surface area contributed by atoms with Gasteiger partial charge in [0.2, 0.25) is 0 Å². The van der Waals surface area contributed by atoms with Crippen molar-refractivity contribution in [3.63, 3.8) is 0 Å². The molecule has 2 aromatic rings. The molecule has 108 valence electrons. The fourth-order valence-corrected chi connectivity index (χ4v) is 2.44. The van der Waals surface area contributed by atoms with Crippen LogP contribution in [0.5, 0.6) is 0 Å². The molecule has 0 radical (unpaired) electrons. The van der Waals surface area contributed by atoms with Crippen molar-refractivity contribution in [1.29, 1.82) is 0 Å². The lowest BCUT2D eigenvalue weighted by Crippen LogP contribution is -1.93. The van der Waals surface area contributed by atoms with E-state index in [1.807, 2.05) is 20.8 Å². The second-order valence-corrected chi connectivity index (χ2v) is 5.37. The third kappa shape index (κ3) is 3.47. The van der Waals surface area contributed by atoms with Crippen LogP contribution < -0.4 is 0 Å². The maximum absolute atomic E-state index is 10.9. The van der Waals surface area contributed by atoms with Gasteiger partial charge in [0, 0.05) is 12.3 Å². The van der Waals surface area contributed by atoms with Crippen molar-refractivity contribution < 1.29 is 4.92 Å². The molecule has 0 unspecified atom stereocenters. The Morgan fingerprint density at radius 3 is 2.33 bits per heavy atom. The SMILES string of the molecule is Cc1cc(C)c(C=Nc2ccc(Cl)c([N+](=O)[O-])c2)c(C)c1. The molecule has 0 spiro atoms. The smallest absolute Gasteiger partial charge is 0.258 e. The van der Waals surface area contributed by atoms with Gasteiger partial charge < -0.3 is 0 Å². The van der Waals surface area contributed by atoms with Crippen molar-refractivity contribution in [2.24, 2.45) is 4.99 Å². The predicted octanol–water partition coefficient (Wildman–Crippen LogP) is 4.92. The van der Waals surface area contributed by atoms with Crippen molar-refractivity contribution in [3.8, 4) is 0 Å². The van der Waals surface area contributed by atoms with E-state index in [4.69, 9.17) is 11.6 Å². The van der Waals surface area contributed by atoms with E-state index in [2.05, 4.69) is 17.1 Å². The molecule has 0 saturated carbocycles. The van der Waals surface area contributed by atoms with Crippen LogP contribution in [0.4, 0.5) is 11.4 Å². The number of rotatable bonds is 3. The van der Waals surface area contributed by atoms with Crippen LogP contribution in [0.15, 0.2) is 35.3 Å². The number of nitrogens with zero attached hydrogens (tertiary/aromatic N) is 2. The van der Waals surface area contributed by atoms with E-state index in [-0.39, 0.29) is 10.7 Å². The maximum atomic E-state index is 10.9. The van der Waals surface area contributed by atoms with Crippen LogP contribution in [0.3, 0.4) is 0 Å². The number of nitro benzene ring substituents is 1. The van der Waals surface area contributed by atoms with Crippen LogP contribution in [-0.4, -0.2) is 11.1 Å². The van der Waals surface area contributed by atoms with Crippen LogP contribution >= 0.6 is 11.6 Å². The minimum absolute atomic E-state index is 0.113. The standard InChI is InChI=1S/C16H15ClN2O2/c1-10-6-11(2)14(12(3)7-10)9-18-13-4-5-15(17)16(8-13)19(20)21/h4-9H,1-3H3. The first-order valence-electron chi connectivity index (χ1n) is 6.44. The lowest BCUT2D eigenvalue weighted by Gasteiger charge is -2.06. The third-order valence-corrected chi connectivity index (χ3v) is 3.53. The molecule has 0 saturated heterocycles. The highest BCUT2D eigenvalue weighted by molar-refractivity contribution is 6.32. The Bertz CT molecular complexity index is 716. The topological polar surface area (TPSA) is 55.5 Å². The minimum Gasteiger partial charge on any atom is -0.258 e. The van der Waals surface area contributed by atoms with E-state index in [0.29, 0.717) is 5.69 Å². The molecule has 2 aromatic carbocycles. The minimum atomic E-state index is -0.510. The van der Waals surface area contributed by atoms with Crippen molar-refractivity contribution in [3.05, 3.63) is 67.7 Å². The fourth-order valence-electron chi connectivity index (χ4n) is 2.26. The van der Waals surface area contributed by atoms with Gasteiger partial charge in [-0.3, -0.25) is 15.1 Å². The normalized spacial score (nSPS) is 11.0. The van der Waals surface area contributed by atoms with E-state index >= 15 is 0 Å². The third-order valence-electron chi connectivity index (χ3n) is 3.21. The van der Waals surface area contributed by atoms with Gasteiger partial charge in [0.05, 0.1) is 10.6 Å². The van der Waals surface area contributed by atoms with E-state index in [1.165, 1.54) is 17.7 Å². The first-order chi connectivity index (χ1) is 9.88. The highest BCUT2D eigenvalue weighted by Crippen LogP contribution is 2.28. The zero-order valence-corrected chi connectivity index (χ0v) is 12.8. The van der Waals surface area contributed by atoms with Crippen molar-refractivity contribution in [1.82, 2.24) is 0 Å². The predicted molar refractivity (Wildman–Crippen MR) is 86.0 cm³/mol. The molecule has 0 aliphatic heterocycles. The van der Waals surface area contributed by atoms with Gasteiger partial charge in [0.25, 0.3) is 5.69 Å². The number of aliphatic imine (C=N–C) groups is 1. The average Bonchev–Trinajstić information content (AvgIpc) is 2.38. The first kappa shape index (κ1) is 15.2. The van der Waals surface area contributed by atoms with Gasteiger partial charge in [-0.2, -0.15) is 0 Å². The lowest BCUT2D eigenvalue weighted by atomic mass is 10.0. The Hall–Kier alpha value is -2.20. The van der Waals surface area contributed by atoms with Gasteiger partial charge >= 0.3 is 0 Å². The van der Waals surface area contributed by atoms with Crippen molar-refractivity contribution >= 4 is 29.2 Å². The fraction of sp³-hybridized carbons (Fsp3) is 0.188. The second-order valence-electron chi connectivity index (χ2n) is 4.96. The molecule has 0 bridgehead atoms. The molecule has 0 aromatic heterocycles. The molecule has 0 fully saturated rings. The number of benzene rings is 2. The summed E-state index contributed by atoms with van der Waals surface area (Å²) in [5.74, 6) is 0. The van der Waals surface area contributed by atoms with Gasteiger partial charge in [0.1, 0.15) is 5.02 Å². The summed E-state index contributed by atoms with van der Waals surface area (Å²) >= 11 is 5.78. The van der Waals surface area contributed by atoms with E-state index < -0.39 is 4.92 Å². The largest absolute Gasteiger partial charge is 0.290 e. The van der Waals surface area contributed by atoms with E-state index in [1.54, 1.807) is 12.3 Å². The summed E-state index contributed by atoms with van der Waals surface area (Å²) < 4.78 is 0. The van der Waals surface area contributed by atoms with Crippen molar-refractivity contribution in [2.75, 3.05) is 0 Å². The summed E-state index contributed by atoms with van der Waals surface area (Å²) in [7, 11) is 0. The first-order valence-corrected chi connectivity index (χ1v) is 6.82. The summed E-state index contributed by atoms with van der Waals surface area (Å²) in [6.45, 7) is 6.08. The summed E-state index contributed by atoms with van der Waals surface area (Å²) in [4.78, 5) is 14.7. The van der Waals surface area contributed by atoms with Gasteiger partial charge in [-0.25, -0.2) is 0 Å². The molecular formula is C16H15ClN2O2. The summed E-state index contributed by atoms with van der Waals surface area (Å²) in [6, 6.07) is 8.68. The van der Waals surface area contributed by atoms with Crippen LogP contribution in [0, 0.1) is 30.9 Å². The molecule has 0 amide bonds. The summed E-state index contributed by atoms with van der Waals surface area (Å²) in [5, 5.41) is 11.0. The highest BCUT2D eigenvalue weighted by Gasteiger charge is 2.12. The number of aryl methyl sites for hydroxylation is 3. The van der Waals surface area contributed by atoms with Gasteiger partial charge in [-0.1, -0.05) is 29.3 Å². The molecule has 4 nitrogen and oxygen atoms in total. The summed E-state index contributed by atoms with van der Waals surface area (Å²) in [6.07, 6.45) is 1.73. The quantitative estimate of drug-likeness (QED) is 0.459. The Morgan fingerprint density at radius 2 is 1.76 bits per heavy atom. The van der Waals surface area contributed by atoms with Crippen LogP contribution in [-0.2, 0) is 0 Å². The average molecular weight is 303 g/mol. The Labute approximate surface area is 128 Å². The molecule has 0 heterocycles. The lowest BCUT2D eigenvalue weighted by molar-refractivity contribution is -0.384. The highest BCUT2D eigenvalue weighted by atomic mass is 35.5. The molecule has 0 atom stereocenters. The maximum Gasteiger partial charge on any atom is 0.290 e. The van der Waals surface area contributed by atoms with E-state index in [9.17, 15) is 10.1 Å². The monoisotopic (exact) mass is 302 g/mol.